The summed E-state index contributed by atoms with van der Waals surface area (Å²) in [5, 5.41) is 0. The summed E-state index contributed by atoms with van der Waals surface area (Å²) in [6, 6.07) is 24.6. The fourth-order valence-corrected chi connectivity index (χ4v) is 16.6. The Morgan fingerprint density at radius 3 is 1.33 bits per heavy atom. The van der Waals surface area contributed by atoms with Gasteiger partial charge in [-0.2, -0.15) is 0 Å². The molecule has 9 aliphatic rings. The molecule has 0 unspecified atom stereocenters. The molecule has 0 N–H and O–H groups in total. The van der Waals surface area contributed by atoms with Crippen LogP contribution >= 0.6 is 0 Å². The average molecular weight is 822 g/mol. The van der Waals surface area contributed by atoms with E-state index in [1.807, 2.05) is 0 Å². The van der Waals surface area contributed by atoms with E-state index in [4.69, 9.17) is 0 Å². The van der Waals surface area contributed by atoms with Gasteiger partial charge in [-0.1, -0.05) is 119 Å². The molecule has 3 heteroatoms. The normalized spacial score (nSPS) is 36.0. The highest BCUT2D eigenvalue weighted by atomic mass is 15.2. The zero-order valence-corrected chi connectivity index (χ0v) is 39.8. The van der Waals surface area contributed by atoms with Gasteiger partial charge in [0, 0.05) is 34.4 Å². The molecule has 0 amide bonds. The number of nitrogens with zero attached hydrogens (tertiary/aromatic N) is 3. The second kappa shape index (κ2) is 16.8. The molecule has 6 aliphatic carbocycles. The Bertz CT molecular complexity index is 2050. The summed E-state index contributed by atoms with van der Waals surface area (Å²) in [5.74, 6) is 3.53. The molecule has 6 fully saturated rings. The van der Waals surface area contributed by atoms with Crippen LogP contribution in [0, 0.1) is 30.6 Å². The highest BCUT2D eigenvalue weighted by molar-refractivity contribution is 5.46. The van der Waals surface area contributed by atoms with Crippen LogP contribution in [0.2, 0.25) is 0 Å². The van der Waals surface area contributed by atoms with E-state index in [9.17, 15) is 0 Å². The first-order valence-electron chi connectivity index (χ1n) is 26.0. The topological polar surface area (TPSA) is 9.72 Å². The Hall–Kier alpha value is -2.46. The number of hydrogen-bond acceptors (Lipinski definition) is 3. The van der Waals surface area contributed by atoms with E-state index in [2.05, 4.69) is 118 Å². The van der Waals surface area contributed by atoms with E-state index >= 15 is 0 Å². The van der Waals surface area contributed by atoms with Gasteiger partial charge in [0.2, 0.25) is 0 Å². The molecule has 3 aromatic rings. The molecular weight excluding hydrogens is 739 g/mol. The third-order valence-corrected chi connectivity index (χ3v) is 19.7. The number of benzene rings is 3. The van der Waals surface area contributed by atoms with E-state index in [0.717, 1.165) is 41.8 Å². The van der Waals surface area contributed by atoms with Gasteiger partial charge in [0.1, 0.15) is 0 Å². The van der Waals surface area contributed by atoms with Gasteiger partial charge in [-0.25, -0.2) is 0 Å². The van der Waals surface area contributed by atoms with Crippen LogP contribution in [0.3, 0.4) is 0 Å². The molecule has 330 valence electrons. The van der Waals surface area contributed by atoms with Gasteiger partial charge in [-0.15, -0.1) is 0 Å². The van der Waals surface area contributed by atoms with Gasteiger partial charge in [0.05, 0.1) is 0 Å². The first-order chi connectivity index (χ1) is 29.5. The summed E-state index contributed by atoms with van der Waals surface area (Å²) in [7, 11) is 7.07. The fraction of sp³-hybridized carbons (Fsp3) is 0.690. The predicted octanol–water partition coefficient (Wildman–Crippen LogP) is 12.2. The van der Waals surface area contributed by atoms with Crippen molar-refractivity contribution in [3.8, 4) is 0 Å². The Kier molecular flexibility index (Phi) is 11.7. The van der Waals surface area contributed by atoms with Crippen molar-refractivity contribution in [2.75, 3.05) is 40.8 Å². The minimum Gasteiger partial charge on any atom is -0.303 e. The summed E-state index contributed by atoms with van der Waals surface area (Å²) in [5.41, 5.74) is 16.4. The van der Waals surface area contributed by atoms with Crippen molar-refractivity contribution in [3.05, 3.63) is 105 Å². The van der Waals surface area contributed by atoms with E-state index < -0.39 is 0 Å². The molecule has 3 saturated carbocycles. The van der Waals surface area contributed by atoms with Gasteiger partial charge in [-0.3, -0.25) is 0 Å². The minimum absolute atomic E-state index is 0.524. The maximum atomic E-state index is 2.67. The molecule has 61 heavy (non-hydrogen) atoms. The molecule has 3 aliphatic heterocycles. The first kappa shape index (κ1) is 42.5. The maximum absolute atomic E-state index is 2.67. The van der Waals surface area contributed by atoms with Crippen LogP contribution < -0.4 is 0 Å². The van der Waals surface area contributed by atoms with Crippen LogP contribution in [0.15, 0.2) is 54.6 Å². The molecule has 12 rings (SSSR count). The number of likely N-dealkylation sites (tertiary alicyclic amines) is 3. The number of likely N-dealkylation sites (N-methyl/N-ethyl adjacent to an activating group) is 3. The summed E-state index contributed by atoms with van der Waals surface area (Å²) >= 11 is 0. The quantitative estimate of drug-likeness (QED) is 0.261. The monoisotopic (exact) mass is 822 g/mol. The van der Waals surface area contributed by atoms with E-state index in [1.54, 1.807) is 44.5 Å². The van der Waals surface area contributed by atoms with Crippen molar-refractivity contribution in [1.82, 2.24) is 14.7 Å². The van der Waals surface area contributed by atoms with Crippen molar-refractivity contribution in [1.29, 1.82) is 0 Å². The van der Waals surface area contributed by atoms with Gasteiger partial charge < -0.3 is 14.7 Å². The van der Waals surface area contributed by atoms with E-state index in [-0.39, 0.29) is 0 Å². The summed E-state index contributed by atoms with van der Waals surface area (Å²) in [6.45, 7) is 13.1. The molecule has 0 radical (unpaired) electrons. The Labute approximate surface area is 372 Å². The number of fused-ring (bicyclic) bond motifs is 3. The molecular formula is C58H83N3. The Morgan fingerprint density at radius 2 is 0.902 bits per heavy atom. The van der Waals surface area contributed by atoms with Crippen molar-refractivity contribution in [2.45, 2.75) is 190 Å². The summed E-state index contributed by atoms with van der Waals surface area (Å²) < 4.78 is 0. The highest BCUT2D eigenvalue weighted by Gasteiger charge is 2.55. The van der Waals surface area contributed by atoms with Gasteiger partial charge in [0.15, 0.2) is 0 Å². The Morgan fingerprint density at radius 1 is 0.508 bits per heavy atom. The first-order valence-corrected chi connectivity index (χ1v) is 26.0. The summed E-state index contributed by atoms with van der Waals surface area (Å²) in [6.07, 6.45) is 27.9. The van der Waals surface area contributed by atoms with Crippen LogP contribution in [0.4, 0.5) is 0 Å². The lowest BCUT2D eigenvalue weighted by molar-refractivity contribution is 0.00279. The zero-order valence-electron chi connectivity index (χ0n) is 39.8. The van der Waals surface area contributed by atoms with Crippen molar-refractivity contribution < 1.29 is 0 Å². The number of hydrogen-bond donors (Lipinski definition) is 0. The number of aryl methyl sites for hydroxylation is 2. The standard InChI is InChI=1S/C21H31N.C19H27N.C18H25N/c1-15(2)12-16-7-8-17-14-20-18-6-4-5-9-21(18,19(17)13-16)10-11-22(20)3;1-3-14-7-8-15-13-18-16-6-4-5-9-19(16,17(15)12-14)10-11-20(18)2;1-13-6-7-14-12-17-15-5-3-4-8-18(15,16(14)11-13)9-10-19(17)2/h7-8,13,15,18,20H,4-6,9-12,14H2,1-3H3;7-8,12,16,18H,3-6,9-11,13H2,1-2H3;6-7,11,15,17H,3-5,8-10,12H2,1-2H3/t18-,20+,21+;16-,18+,19+;15-,17+,18+/m111/s1. The third-order valence-electron chi connectivity index (χ3n) is 19.7. The molecule has 3 nitrogen and oxygen atoms in total. The maximum Gasteiger partial charge on any atom is 0.0169 e. The molecule has 3 heterocycles. The van der Waals surface area contributed by atoms with Gasteiger partial charge in [0.25, 0.3) is 0 Å². The smallest absolute Gasteiger partial charge is 0.0169 e. The van der Waals surface area contributed by atoms with E-state index in [0.29, 0.717) is 16.2 Å². The molecule has 0 spiro atoms. The highest BCUT2D eigenvalue weighted by Crippen LogP contribution is 2.58. The number of rotatable bonds is 3. The predicted molar refractivity (Wildman–Crippen MR) is 257 cm³/mol. The molecule has 9 atom stereocenters. The lowest BCUT2D eigenvalue weighted by Gasteiger charge is -2.58. The van der Waals surface area contributed by atoms with Crippen molar-refractivity contribution in [3.63, 3.8) is 0 Å². The zero-order chi connectivity index (χ0) is 42.1. The van der Waals surface area contributed by atoms with Crippen molar-refractivity contribution in [2.24, 2.45) is 23.7 Å². The van der Waals surface area contributed by atoms with Crippen LogP contribution in [0.1, 0.15) is 167 Å². The van der Waals surface area contributed by atoms with Crippen LogP contribution in [0.5, 0.6) is 0 Å². The lowest BCUT2D eigenvalue weighted by atomic mass is 9.52. The molecule has 3 saturated heterocycles. The van der Waals surface area contributed by atoms with Crippen LogP contribution in [-0.4, -0.2) is 73.6 Å². The van der Waals surface area contributed by atoms with Gasteiger partial charge >= 0.3 is 0 Å². The van der Waals surface area contributed by atoms with Crippen LogP contribution in [0.25, 0.3) is 0 Å². The average Bonchev–Trinajstić information content (AvgIpc) is 3.28. The molecule has 0 aromatic heterocycles. The van der Waals surface area contributed by atoms with Crippen LogP contribution in [-0.2, 0) is 48.3 Å². The van der Waals surface area contributed by atoms with Crippen molar-refractivity contribution >= 4 is 0 Å². The van der Waals surface area contributed by atoms with Gasteiger partial charge in [-0.05, 0) is 206 Å². The Balaban J connectivity index is 0.000000110. The third kappa shape index (κ3) is 7.24. The van der Waals surface area contributed by atoms with E-state index in [1.165, 1.54) is 154 Å². The second-order valence-corrected chi connectivity index (χ2v) is 23.1. The minimum atomic E-state index is 0.524. The fourth-order valence-electron chi connectivity index (χ4n) is 16.6. The largest absolute Gasteiger partial charge is 0.303 e. The summed E-state index contributed by atoms with van der Waals surface area (Å²) in [4.78, 5) is 7.97. The molecule has 6 bridgehead atoms. The number of piperidine rings is 3. The SMILES string of the molecule is CC(C)Cc1ccc2c(c1)[C@]13CCCC[C@@H]1[C@H](C2)N(C)CC3.CCc1ccc2c(c1)[C@]13CCCC[C@@H]1[C@H](C2)N(C)CC3.Cc1ccc2c(c1)[C@]13CCCC[C@@H]1[C@H](C2)N(C)CC3. The molecule has 3 aromatic carbocycles. The lowest BCUT2D eigenvalue weighted by Crippen LogP contribution is -2.59. The second-order valence-electron chi connectivity index (χ2n) is 23.1.